The summed E-state index contributed by atoms with van der Waals surface area (Å²) >= 11 is 1.44. The summed E-state index contributed by atoms with van der Waals surface area (Å²) in [6.07, 6.45) is 1.53. The number of amidine groups is 1. The van der Waals surface area contributed by atoms with Crippen LogP contribution in [0.4, 0.5) is 5.69 Å². The van der Waals surface area contributed by atoms with Gasteiger partial charge in [0.15, 0.2) is 15.0 Å². The van der Waals surface area contributed by atoms with Crippen molar-refractivity contribution in [3.8, 4) is 0 Å². The van der Waals surface area contributed by atoms with Gasteiger partial charge in [-0.2, -0.15) is 4.99 Å². The fourth-order valence-electron chi connectivity index (χ4n) is 3.78. The van der Waals surface area contributed by atoms with Crippen molar-refractivity contribution in [1.29, 1.82) is 0 Å². The van der Waals surface area contributed by atoms with E-state index in [0.29, 0.717) is 5.17 Å². The van der Waals surface area contributed by atoms with Crippen molar-refractivity contribution in [2.24, 2.45) is 10.9 Å². The number of thioether (sulfide) groups is 1. The van der Waals surface area contributed by atoms with Crippen LogP contribution in [0.1, 0.15) is 37.8 Å². The van der Waals surface area contributed by atoms with Crippen LogP contribution in [0, 0.1) is 19.8 Å². The number of sulfone groups is 1. The maximum atomic E-state index is 12.6. The topological polar surface area (TPSA) is 66.8 Å². The van der Waals surface area contributed by atoms with Gasteiger partial charge in [0.05, 0.1) is 17.5 Å². The van der Waals surface area contributed by atoms with Crippen molar-refractivity contribution < 1.29 is 13.2 Å². The minimum Gasteiger partial charge on any atom is -0.316 e. The zero-order valence-corrected chi connectivity index (χ0v) is 17.4. The van der Waals surface area contributed by atoms with Gasteiger partial charge in [0.25, 0.3) is 5.91 Å². The lowest BCUT2D eigenvalue weighted by molar-refractivity contribution is -0.121. The Morgan fingerprint density at radius 3 is 2.38 bits per heavy atom. The molecule has 0 saturated carbocycles. The summed E-state index contributed by atoms with van der Waals surface area (Å²) in [4.78, 5) is 19.0. The van der Waals surface area contributed by atoms with Crippen molar-refractivity contribution in [3.63, 3.8) is 0 Å². The highest BCUT2D eigenvalue weighted by Gasteiger charge is 2.49. The number of anilines is 1. The maximum Gasteiger partial charge on any atom is 0.251 e. The number of aliphatic imine (C=N–C) groups is 1. The highest BCUT2D eigenvalue weighted by atomic mass is 32.2. The zero-order chi connectivity index (χ0) is 19.1. The van der Waals surface area contributed by atoms with E-state index in [9.17, 15) is 13.2 Å². The summed E-state index contributed by atoms with van der Waals surface area (Å²) in [6.45, 7) is 8.04. The van der Waals surface area contributed by atoms with Gasteiger partial charge in [-0.15, -0.1) is 0 Å². The van der Waals surface area contributed by atoms with Gasteiger partial charge in [0.1, 0.15) is 0 Å². The fourth-order valence-corrected chi connectivity index (χ4v) is 7.70. The Bertz CT molecular complexity index is 824. The normalized spacial score (nSPS) is 25.9. The molecule has 2 aliphatic rings. The number of carbonyl (C=O) groups is 1. The van der Waals surface area contributed by atoms with E-state index in [4.69, 9.17) is 0 Å². The first-order valence-electron chi connectivity index (χ1n) is 9.11. The molecule has 0 unspecified atom stereocenters. The molecule has 2 heterocycles. The van der Waals surface area contributed by atoms with Gasteiger partial charge in [-0.1, -0.05) is 31.7 Å². The first-order chi connectivity index (χ1) is 12.2. The quantitative estimate of drug-likeness (QED) is 0.783. The summed E-state index contributed by atoms with van der Waals surface area (Å²) in [7, 11) is -3.05. The number of hydrogen-bond acceptors (Lipinski definition) is 4. The molecular weight excluding hydrogens is 368 g/mol. The smallest absolute Gasteiger partial charge is 0.251 e. The molecule has 1 aromatic rings. The fraction of sp³-hybridized carbons (Fsp3) is 0.579. The van der Waals surface area contributed by atoms with Crippen molar-refractivity contribution in [2.45, 2.75) is 51.8 Å². The molecule has 7 heteroatoms. The maximum absolute atomic E-state index is 12.6. The van der Waals surface area contributed by atoms with Crippen molar-refractivity contribution in [3.05, 3.63) is 29.3 Å². The van der Waals surface area contributed by atoms with Crippen LogP contribution in [0.15, 0.2) is 23.2 Å². The van der Waals surface area contributed by atoms with Gasteiger partial charge in [-0.05, 0) is 49.9 Å². The second-order valence-corrected chi connectivity index (χ2v) is 10.6. The van der Waals surface area contributed by atoms with Crippen LogP contribution in [-0.4, -0.2) is 42.3 Å². The minimum atomic E-state index is -3.05. The number of hydrogen-bond donors (Lipinski definition) is 0. The van der Waals surface area contributed by atoms with Crippen molar-refractivity contribution in [2.75, 3.05) is 16.4 Å². The van der Waals surface area contributed by atoms with Gasteiger partial charge in [0, 0.05) is 16.9 Å². The zero-order valence-electron chi connectivity index (χ0n) is 15.7. The van der Waals surface area contributed by atoms with E-state index in [1.54, 1.807) is 0 Å². The van der Waals surface area contributed by atoms with E-state index in [1.807, 2.05) is 44.7 Å². The van der Waals surface area contributed by atoms with Gasteiger partial charge in [-0.25, -0.2) is 8.42 Å². The Labute approximate surface area is 160 Å². The lowest BCUT2D eigenvalue weighted by atomic mass is 10.0. The van der Waals surface area contributed by atoms with Crippen LogP contribution in [0.25, 0.3) is 0 Å². The van der Waals surface area contributed by atoms with Crippen LogP contribution >= 0.6 is 11.8 Å². The Kier molecular flexibility index (Phi) is 5.49. The highest BCUT2D eigenvalue weighted by molar-refractivity contribution is 8.16. The molecule has 5 nitrogen and oxygen atoms in total. The molecule has 2 saturated heterocycles. The van der Waals surface area contributed by atoms with Crippen LogP contribution in [0.3, 0.4) is 0 Å². The first kappa shape index (κ1) is 19.4. The van der Waals surface area contributed by atoms with E-state index >= 15 is 0 Å². The number of nitrogens with zero attached hydrogens (tertiary/aromatic N) is 2. The third kappa shape index (κ3) is 3.83. The largest absolute Gasteiger partial charge is 0.316 e. The molecule has 2 atom stereocenters. The van der Waals surface area contributed by atoms with Crippen LogP contribution in [-0.2, 0) is 14.6 Å². The SMILES string of the molecule is CCC(CC)C(=O)N=C1S[C@H]2CS(=O)(=O)C[C@@H]2N1c1cc(C)cc(C)c1. The third-order valence-electron chi connectivity index (χ3n) is 5.09. The number of aryl methyl sites for hydroxylation is 2. The molecule has 26 heavy (non-hydrogen) atoms. The Morgan fingerprint density at radius 1 is 1.19 bits per heavy atom. The molecule has 1 amide bonds. The van der Waals surface area contributed by atoms with E-state index in [2.05, 4.69) is 11.1 Å². The summed E-state index contributed by atoms with van der Waals surface area (Å²) in [5.74, 6) is 0.0978. The van der Waals surface area contributed by atoms with Crippen molar-refractivity contribution in [1.82, 2.24) is 0 Å². The summed E-state index contributed by atoms with van der Waals surface area (Å²) < 4.78 is 24.3. The molecular formula is C19H26N2O3S2. The number of fused-ring (bicyclic) bond motifs is 1. The van der Waals surface area contributed by atoms with E-state index < -0.39 is 9.84 Å². The predicted molar refractivity (Wildman–Crippen MR) is 109 cm³/mol. The Morgan fingerprint density at radius 2 is 1.81 bits per heavy atom. The second-order valence-electron chi connectivity index (χ2n) is 7.26. The average Bonchev–Trinajstić information content (AvgIpc) is 2.98. The number of amides is 1. The minimum absolute atomic E-state index is 0.0610. The van der Waals surface area contributed by atoms with Gasteiger partial charge >= 0.3 is 0 Å². The second kappa shape index (κ2) is 7.35. The molecule has 1 aromatic carbocycles. The van der Waals surface area contributed by atoms with E-state index in [-0.39, 0.29) is 34.6 Å². The molecule has 2 aliphatic heterocycles. The molecule has 3 rings (SSSR count). The molecule has 142 valence electrons. The summed E-state index contributed by atoms with van der Waals surface area (Å²) in [6, 6.07) is 6.01. The monoisotopic (exact) mass is 394 g/mol. The first-order valence-corrected chi connectivity index (χ1v) is 11.8. The molecule has 0 aromatic heterocycles. The van der Waals surface area contributed by atoms with E-state index in [0.717, 1.165) is 29.7 Å². The number of benzene rings is 1. The summed E-state index contributed by atoms with van der Waals surface area (Å²) in [5, 5.41) is 0.589. The predicted octanol–water partition coefficient (Wildman–Crippen LogP) is 3.34. The molecule has 0 N–H and O–H groups in total. The van der Waals surface area contributed by atoms with Gasteiger partial charge in [-0.3, -0.25) is 4.79 Å². The lowest BCUT2D eigenvalue weighted by Crippen LogP contribution is -2.38. The number of carbonyl (C=O) groups excluding carboxylic acids is 1. The lowest BCUT2D eigenvalue weighted by Gasteiger charge is -2.25. The Hall–Kier alpha value is -1.34. The molecule has 2 fully saturated rings. The average molecular weight is 395 g/mol. The molecule has 0 radical (unpaired) electrons. The van der Waals surface area contributed by atoms with Gasteiger partial charge in [0.2, 0.25) is 0 Å². The summed E-state index contributed by atoms with van der Waals surface area (Å²) in [5.41, 5.74) is 3.15. The molecule has 0 bridgehead atoms. The van der Waals surface area contributed by atoms with Crippen molar-refractivity contribution >= 4 is 38.4 Å². The molecule has 0 spiro atoms. The van der Waals surface area contributed by atoms with Crippen LogP contribution in [0.2, 0.25) is 0 Å². The highest BCUT2D eigenvalue weighted by Crippen LogP contribution is 2.41. The third-order valence-corrected chi connectivity index (χ3v) is 8.30. The van der Waals surface area contributed by atoms with Crippen LogP contribution < -0.4 is 4.90 Å². The molecule has 0 aliphatic carbocycles. The number of rotatable bonds is 4. The Balaban J connectivity index is 2.02. The van der Waals surface area contributed by atoms with Gasteiger partial charge < -0.3 is 4.90 Å². The van der Waals surface area contributed by atoms with E-state index in [1.165, 1.54) is 11.8 Å². The standard InChI is InChI=1S/C19H26N2O3S2/c1-5-14(6-2)18(22)20-19-21(15-8-12(3)7-13(4)9-15)16-10-26(23,24)11-17(16)25-19/h7-9,14,16-17H,5-6,10-11H2,1-4H3/t16-,17-/m0/s1. The van der Waals surface area contributed by atoms with Crippen LogP contribution in [0.5, 0.6) is 0 Å².